The third kappa shape index (κ3) is 9.04. The minimum Gasteiger partial charge on any atom is -0.391 e. The third-order valence-electron chi connectivity index (χ3n) is 6.10. The molecule has 0 saturated carbocycles. The van der Waals surface area contributed by atoms with Crippen molar-refractivity contribution in [1.29, 1.82) is 5.41 Å². The molecule has 1 amide bonds. The average molecular weight is 564 g/mol. The number of amides is 1. The number of benzene rings is 3. The van der Waals surface area contributed by atoms with E-state index in [0.29, 0.717) is 24.3 Å². The Kier molecular flexibility index (Phi) is 11.4. The number of para-hydroxylation sites is 1. The number of carbonyl (C=O) groups excluding carboxylic acids is 1. The summed E-state index contributed by atoms with van der Waals surface area (Å²) < 4.78 is 26.5. The van der Waals surface area contributed by atoms with E-state index in [1.165, 1.54) is 16.6 Å². The second-order valence-electron chi connectivity index (χ2n) is 9.30. The van der Waals surface area contributed by atoms with Crippen molar-refractivity contribution in [2.75, 3.05) is 30.2 Å². The van der Waals surface area contributed by atoms with Crippen LogP contribution in [0.15, 0.2) is 96.7 Å². The first-order valence-corrected chi connectivity index (χ1v) is 14.9. The van der Waals surface area contributed by atoms with E-state index in [1.54, 1.807) is 54.7 Å². The predicted molar refractivity (Wildman–Crippen MR) is 161 cm³/mol. The van der Waals surface area contributed by atoms with Crippen molar-refractivity contribution in [3.8, 4) is 0 Å². The first-order valence-electron chi connectivity index (χ1n) is 13.0. The zero-order valence-electron chi connectivity index (χ0n) is 22.7. The summed E-state index contributed by atoms with van der Waals surface area (Å²) in [5.41, 5.74) is 2.72. The van der Waals surface area contributed by atoms with Gasteiger partial charge in [0.15, 0.2) is 0 Å². The van der Waals surface area contributed by atoms with Crippen LogP contribution in [-0.4, -0.2) is 63.7 Å². The molecule has 10 heteroatoms. The number of aliphatic hydroxyl groups is 1. The Balaban J connectivity index is 1.80. The van der Waals surface area contributed by atoms with Crippen molar-refractivity contribution in [2.24, 2.45) is 0 Å². The van der Waals surface area contributed by atoms with Crippen molar-refractivity contribution >= 4 is 33.5 Å². The first kappa shape index (κ1) is 30.6. The number of nitrogens with zero attached hydrogens (tertiary/aromatic N) is 1. The second kappa shape index (κ2) is 15.0. The Morgan fingerprint density at radius 3 is 2.27 bits per heavy atom. The lowest BCUT2D eigenvalue weighted by atomic mass is 10.00. The Labute approximate surface area is 236 Å². The summed E-state index contributed by atoms with van der Waals surface area (Å²) in [4.78, 5) is 13.4. The fourth-order valence-electron chi connectivity index (χ4n) is 4.16. The van der Waals surface area contributed by atoms with Crippen LogP contribution in [0.5, 0.6) is 0 Å². The van der Waals surface area contributed by atoms with E-state index in [1.807, 2.05) is 37.3 Å². The monoisotopic (exact) mass is 563 g/mol. The maximum absolute atomic E-state index is 13.4. The van der Waals surface area contributed by atoms with Crippen LogP contribution in [0.2, 0.25) is 0 Å². The van der Waals surface area contributed by atoms with E-state index in [-0.39, 0.29) is 12.1 Å². The van der Waals surface area contributed by atoms with Crippen molar-refractivity contribution < 1.29 is 18.3 Å². The van der Waals surface area contributed by atoms with Gasteiger partial charge in [0.2, 0.25) is 10.0 Å². The lowest BCUT2D eigenvalue weighted by Gasteiger charge is -2.26. The minimum absolute atomic E-state index is 0.186. The number of sulfonamides is 1. The van der Waals surface area contributed by atoms with Gasteiger partial charge in [0.05, 0.1) is 29.8 Å². The zero-order chi connectivity index (χ0) is 29.0. The average Bonchev–Trinajstić information content (AvgIpc) is 2.95. The van der Waals surface area contributed by atoms with Gasteiger partial charge < -0.3 is 26.5 Å². The van der Waals surface area contributed by atoms with E-state index in [4.69, 9.17) is 5.41 Å². The molecule has 0 aliphatic carbocycles. The third-order valence-corrected chi connectivity index (χ3v) is 7.19. The second-order valence-corrected chi connectivity index (χ2v) is 11.1. The summed E-state index contributed by atoms with van der Waals surface area (Å²) >= 11 is 0. The van der Waals surface area contributed by atoms with E-state index in [0.717, 1.165) is 23.9 Å². The van der Waals surface area contributed by atoms with Crippen molar-refractivity contribution in [1.82, 2.24) is 16.0 Å². The largest absolute Gasteiger partial charge is 0.391 e. The molecule has 0 aromatic heterocycles. The van der Waals surface area contributed by atoms with Gasteiger partial charge in [-0.05, 0) is 54.8 Å². The molecule has 1 unspecified atom stereocenters. The van der Waals surface area contributed by atoms with Crippen LogP contribution in [0.3, 0.4) is 0 Å². The Morgan fingerprint density at radius 2 is 1.65 bits per heavy atom. The smallest absolute Gasteiger partial charge is 0.251 e. The van der Waals surface area contributed by atoms with Crippen LogP contribution in [-0.2, 0) is 16.4 Å². The van der Waals surface area contributed by atoms with Crippen LogP contribution in [0.1, 0.15) is 22.8 Å². The summed E-state index contributed by atoms with van der Waals surface area (Å²) in [5.74, 6) is -0.435. The Morgan fingerprint density at radius 1 is 1.00 bits per heavy atom. The quantitative estimate of drug-likeness (QED) is 0.180. The van der Waals surface area contributed by atoms with E-state index >= 15 is 0 Å². The SMILES string of the molecule is CCN/C=C(\C=N)CNCC(O)[C@H](Cc1ccccc1)NC(=O)c1cccc(N(c2ccccc2)S(C)(=O)=O)c1. The molecule has 3 aromatic carbocycles. The summed E-state index contributed by atoms with van der Waals surface area (Å²) in [5, 5.41) is 27.8. The molecule has 0 aliphatic rings. The maximum atomic E-state index is 13.4. The van der Waals surface area contributed by atoms with Gasteiger partial charge in [0.25, 0.3) is 5.91 Å². The van der Waals surface area contributed by atoms with Crippen molar-refractivity contribution in [3.63, 3.8) is 0 Å². The lowest BCUT2D eigenvalue weighted by Crippen LogP contribution is -2.49. The number of aliphatic hydroxyl groups excluding tert-OH is 1. The number of hydrogen-bond donors (Lipinski definition) is 5. The number of carbonyl (C=O) groups is 1. The standard InChI is InChI=1S/C30H37N5O4S/c1-3-32-20-24(19-31)21-33-22-29(36)28(17-23-11-6-4-7-12-23)34-30(37)25-13-10-16-27(18-25)35(40(2,38)39)26-14-8-5-9-15-26/h4-16,18-20,28-29,31-33,36H,3,17,21-22H2,1-2H3,(H,34,37)/b24-20+,31-19?/t28-,29?/m0/s1. The molecule has 9 nitrogen and oxygen atoms in total. The molecule has 0 radical (unpaired) electrons. The maximum Gasteiger partial charge on any atom is 0.251 e. The van der Waals surface area contributed by atoms with Crippen LogP contribution in [0, 0.1) is 5.41 Å². The van der Waals surface area contributed by atoms with Gasteiger partial charge in [-0.25, -0.2) is 12.7 Å². The summed E-state index contributed by atoms with van der Waals surface area (Å²) in [6.45, 7) is 3.26. The molecule has 5 N–H and O–H groups in total. The minimum atomic E-state index is -3.69. The van der Waals surface area contributed by atoms with Gasteiger partial charge in [-0.3, -0.25) is 4.79 Å². The Hall–Kier alpha value is -3.99. The summed E-state index contributed by atoms with van der Waals surface area (Å²) in [6, 6.07) is 24.0. The van der Waals surface area contributed by atoms with Crippen LogP contribution >= 0.6 is 0 Å². The molecular formula is C30H37N5O4S. The molecule has 0 saturated heterocycles. The summed E-state index contributed by atoms with van der Waals surface area (Å²) in [6.07, 6.45) is 3.56. The number of hydrogen-bond acceptors (Lipinski definition) is 7. The molecular weight excluding hydrogens is 526 g/mol. The lowest BCUT2D eigenvalue weighted by molar-refractivity contribution is 0.0832. The van der Waals surface area contributed by atoms with E-state index in [2.05, 4.69) is 16.0 Å². The van der Waals surface area contributed by atoms with Gasteiger partial charge in [-0.2, -0.15) is 0 Å². The normalized spacial score (nSPS) is 13.2. The highest BCUT2D eigenvalue weighted by atomic mass is 32.2. The van der Waals surface area contributed by atoms with E-state index in [9.17, 15) is 18.3 Å². The predicted octanol–water partition coefficient (Wildman–Crippen LogP) is 3.22. The fraction of sp³-hybridized carbons (Fsp3) is 0.267. The molecule has 3 aromatic rings. The molecule has 0 spiro atoms. The molecule has 0 heterocycles. The molecule has 40 heavy (non-hydrogen) atoms. The number of nitrogens with one attached hydrogen (secondary N) is 4. The molecule has 3 rings (SSSR count). The fourth-order valence-corrected chi connectivity index (χ4v) is 5.16. The molecule has 2 atom stereocenters. The van der Waals surface area contributed by atoms with Gasteiger partial charge >= 0.3 is 0 Å². The molecule has 0 bridgehead atoms. The van der Waals surface area contributed by atoms with Gasteiger partial charge in [0, 0.05) is 37.6 Å². The highest BCUT2D eigenvalue weighted by Crippen LogP contribution is 2.28. The van der Waals surface area contributed by atoms with Crippen LogP contribution in [0.4, 0.5) is 11.4 Å². The van der Waals surface area contributed by atoms with E-state index < -0.39 is 28.1 Å². The molecule has 212 valence electrons. The van der Waals surface area contributed by atoms with Crippen LogP contribution < -0.4 is 20.3 Å². The number of rotatable bonds is 15. The van der Waals surface area contributed by atoms with Crippen molar-refractivity contribution in [2.45, 2.75) is 25.5 Å². The highest BCUT2D eigenvalue weighted by molar-refractivity contribution is 7.92. The first-order chi connectivity index (χ1) is 19.2. The number of anilines is 2. The Bertz CT molecular complexity index is 1380. The van der Waals surface area contributed by atoms with Gasteiger partial charge in [-0.1, -0.05) is 54.6 Å². The van der Waals surface area contributed by atoms with Gasteiger partial charge in [0.1, 0.15) is 0 Å². The highest BCUT2D eigenvalue weighted by Gasteiger charge is 2.24. The van der Waals surface area contributed by atoms with Crippen LogP contribution in [0.25, 0.3) is 0 Å². The molecule has 0 aliphatic heterocycles. The molecule has 0 fully saturated rings. The summed E-state index contributed by atoms with van der Waals surface area (Å²) in [7, 11) is -3.69. The van der Waals surface area contributed by atoms with Gasteiger partial charge in [-0.15, -0.1) is 0 Å². The van der Waals surface area contributed by atoms with Crippen molar-refractivity contribution in [3.05, 3.63) is 108 Å². The topological polar surface area (TPSA) is 135 Å². The zero-order valence-corrected chi connectivity index (χ0v) is 23.6.